The summed E-state index contributed by atoms with van der Waals surface area (Å²) in [7, 11) is 0. The van der Waals surface area contributed by atoms with Crippen molar-refractivity contribution in [3.63, 3.8) is 0 Å². The molecule has 2 heterocycles. The fourth-order valence-electron chi connectivity index (χ4n) is 1.89. The van der Waals surface area contributed by atoms with E-state index >= 15 is 0 Å². The van der Waals surface area contributed by atoms with E-state index in [-0.39, 0.29) is 0 Å². The third-order valence-corrected chi connectivity index (χ3v) is 3.99. The highest BCUT2D eigenvalue weighted by Crippen LogP contribution is 2.16. The van der Waals surface area contributed by atoms with Gasteiger partial charge in [0.25, 0.3) is 0 Å². The van der Waals surface area contributed by atoms with Crippen molar-refractivity contribution in [1.29, 1.82) is 0 Å². The molecule has 106 valence electrons. The Bertz CT molecular complexity index is 670. The van der Waals surface area contributed by atoms with Crippen LogP contribution in [0.3, 0.4) is 0 Å². The molecule has 0 fully saturated rings. The van der Waals surface area contributed by atoms with Crippen molar-refractivity contribution in [1.82, 2.24) is 15.1 Å². The van der Waals surface area contributed by atoms with Crippen LogP contribution in [0.25, 0.3) is 11.4 Å². The fraction of sp³-hybridized carbons (Fsp3) is 0.188. The van der Waals surface area contributed by atoms with E-state index in [0.29, 0.717) is 11.7 Å². The molecule has 3 rings (SSSR count). The molecule has 0 atom stereocenters. The Morgan fingerprint density at radius 1 is 1.05 bits per heavy atom. The summed E-state index contributed by atoms with van der Waals surface area (Å²) in [4.78, 5) is 8.45. The van der Waals surface area contributed by atoms with Gasteiger partial charge in [0.15, 0.2) is 0 Å². The Hall–Kier alpha value is -2.14. The molecule has 0 saturated heterocycles. The van der Waals surface area contributed by atoms with Crippen LogP contribution in [0.15, 0.2) is 59.4 Å². The molecule has 4 nitrogen and oxygen atoms in total. The second-order valence-electron chi connectivity index (χ2n) is 4.54. The Morgan fingerprint density at radius 3 is 2.76 bits per heavy atom. The van der Waals surface area contributed by atoms with Crippen LogP contribution in [0.2, 0.25) is 0 Å². The van der Waals surface area contributed by atoms with E-state index < -0.39 is 0 Å². The lowest BCUT2D eigenvalue weighted by Gasteiger charge is -1.99. The minimum absolute atomic E-state index is 0.603. The van der Waals surface area contributed by atoms with Gasteiger partial charge in [-0.3, -0.25) is 4.98 Å². The molecule has 1 aromatic carbocycles. The van der Waals surface area contributed by atoms with Gasteiger partial charge in [0.1, 0.15) is 0 Å². The molecule has 0 amide bonds. The van der Waals surface area contributed by atoms with E-state index in [9.17, 15) is 0 Å². The van der Waals surface area contributed by atoms with Gasteiger partial charge in [-0.05, 0) is 17.7 Å². The first kappa shape index (κ1) is 13.8. The average Bonchev–Trinajstić information content (AvgIpc) is 3.02. The van der Waals surface area contributed by atoms with Crippen molar-refractivity contribution in [3.05, 3.63) is 66.3 Å². The van der Waals surface area contributed by atoms with Crippen molar-refractivity contribution >= 4 is 11.8 Å². The van der Waals surface area contributed by atoms with Crippen LogP contribution in [0.1, 0.15) is 11.5 Å². The number of rotatable bonds is 6. The highest BCUT2D eigenvalue weighted by Gasteiger charge is 2.08. The Balaban J connectivity index is 1.49. The first-order valence-electron chi connectivity index (χ1n) is 6.76. The molecular formula is C16H15N3OS. The first-order valence-corrected chi connectivity index (χ1v) is 7.92. The minimum Gasteiger partial charge on any atom is -0.339 e. The minimum atomic E-state index is 0.603. The van der Waals surface area contributed by atoms with Crippen LogP contribution >= 0.6 is 11.8 Å². The fourth-order valence-corrected chi connectivity index (χ4v) is 2.78. The standard InChI is InChI=1S/C16H15N3OS/c1-2-5-13(6-3-1)12-21-10-8-15-18-16(19-20-15)14-7-4-9-17-11-14/h1-7,9,11H,8,10,12H2. The molecule has 5 heteroatoms. The summed E-state index contributed by atoms with van der Waals surface area (Å²) in [5.74, 6) is 3.24. The zero-order valence-electron chi connectivity index (χ0n) is 11.5. The molecule has 0 unspecified atom stereocenters. The van der Waals surface area contributed by atoms with Crippen LogP contribution in [0, 0.1) is 0 Å². The van der Waals surface area contributed by atoms with Gasteiger partial charge in [0, 0.05) is 35.9 Å². The summed E-state index contributed by atoms with van der Waals surface area (Å²) < 4.78 is 5.27. The maximum absolute atomic E-state index is 5.27. The van der Waals surface area contributed by atoms with Gasteiger partial charge < -0.3 is 4.52 Å². The lowest BCUT2D eigenvalue weighted by atomic mass is 10.2. The van der Waals surface area contributed by atoms with Crippen molar-refractivity contribution in [2.75, 3.05) is 5.75 Å². The molecule has 0 spiro atoms. The molecule has 0 radical (unpaired) electrons. The Labute approximate surface area is 127 Å². The summed E-state index contributed by atoms with van der Waals surface area (Å²) in [5.41, 5.74) is 2.22. The first-order chi connectivity index (χ1) is 10.4. The van der Waals surface area contributed by atoms with Gasteiger partial charge in [-0.1, -0.05) is 35.5 Å². The van der Waals surface area contributed by atoms with Crippen LogP contribution in [0.4, 0.5) is 0 Å². The van der Waals surface area contributed by atoms with Gasteiger partial charge >= 0.3 is 0 Å². The van der Waals surface area contributed by atoms with Gasteiger partial charge in [-0.15, -0.1) is 0 Å². The van der Waals surface area contributed by atoms with E-state index in [1.54, 1.807) is 12.4 Å². The van der Waals surface area contributed by atoms with Crippen molar-refractivity contribution < 1.29 is 4.52 Å². The second kappa shape index (κ2) is 7.04. The third-order valence-electron chi connectivity index (χ3n) is 2.96. The molecule has 21 heavy (non-hydrogen) atoms. The molecule has 2 aromatic heterocycles. The maximum atomic E-state index is 5.27. The summed E-state index contributed by atoms with van der Waals surface area (Å²) in [6, 6.07) is 14.2. The lowest BCUT2D eigenvalue weighted by Crippen LogP contribution is -1.90. The topological polar surface area (TPSA) is 51.8 Å². The second-order valence-corrected chi connectivity index (χ2v) is 5.65. The number of nitrogens with zero attached hydrogens (tertiary/aromatic N) is 3. The Morgan fingerprint density at radius 2 is 1.95 bits per heavy atom. The molecule has 0 saturated carbocycles. The van der Waals surface area contributed by atoms with Crippen molar-refractivity contribution in [2.45, 2.75) is 12.2 Å². The summed E-state index contributed by atoms with van der Waals surface area (Å²) in [6.07, 6.45) is 4.24. The van der Waals surface area contributed by atoms with Gasteiger partial charge in [-0.2, -0.15) is 16.7 Å². The Kier molecular flexibility index (Phi) is 4.63. The maximum Gasteiger partial charge on any atom is 0.227 e. The highest BCUT2D eigenvalue weighted by atomic mass is 32.2. The van der Waals surface area contributed by atoms with E-state index in [1.165, 1.54) is 5.56 Å². The zero-order chi connectivity index (χ0) is 14.3. The summed E-state index contributed by atoms with van der Waals surface area (Å²) >= 11 is 1.87. The van der Waals surface area contributed by atoms with E-state index in [2.05, 4.69) is 39.4 Å². The average molecular weight is 297 g/mol. The van der Waals surface area contributed by atoms with Crippen molar-refractivity contribution in [3.8, 4) is 11.4 Å². The van der Waals surface area contributed by atoms with Gasteiger partial charge in [0.2, 0.25) is 11.7 Å². The summed E-state index contributed by atoms with van der Waals surface area (Å²) in [5, 5.41) is 3.99. The van der Waals surface area contributed by atoms with Crippen LogP contribution in [-0.4, -0.2) is 20.9 Å². The van der Waals surface area contributed by atoms with Gasteiger partial charge in [-0.25, -0.2) is 0 Å². The number of thioether (sulfide) groups is 1. The zero-order valence-corrected chi connectivity index (χ0v) is 12.3. The summed E-state index contributed by atoms with van der Waals surface area (Å²) in [6.45, 7) is 0. The van der Waals surface area contributed by atoms with Crippen molar-refractivity contribution in [2.24, 2.45) is 0 Å². The van der Waals surface area contributed by atoms with E-state index in [0.717, 1.165) is 23.5 Å². The molecule has 3 aromatic rings. The van der Waals surface area contributed by atoms with Crippen LogP contribution < -0.4 is 0 Å². The highest BCUT2D eigenvalue weighted by molar-refractivity contribution is 7.98. The quantitative estimate of drug-likeness (QED) is 0.651. The molecule has 0 aliphatic carbocycles. The molecule has 0 N–H and O–H groups in total. The number of pyridine rings is 1. The SMILES string of the molecule is c1ccc(CSCCc2nc(-c3cccnc3)no2)cc1. The normalized spacial score (nSPS) is 10.7. The van der Waals surface area contributed by atoms with Crippen LogP contribution in [-0.2, 0) is 12.2 Å². The molecule has 0 aliphatic rings. The van der Waals surface area contributed by atoms with E-state index in [4.69, 9.17) is 4.52 Å². The van der Waals surface area contributed by atoms with Gasteiger partial charge in [0.05, 0.1) is 0 Å². The molecule has 0 bridgehead atoms. The smallest absolute Gasteiger partial charge is 0.227 e. The predicted molar refractivity (Wildman–Crippen MR) is 83.8 cm³/mol. The largest absolute Gasteiger partial charge is 0.339 e. The number of benzene rings is 1. The third kappa shape index (κ3) is 3.92. The number of hydrogen-bond acceptors (Lipinski definition) is 5. The molecular weight excluding hydrogens is 282 g/mol. The lowest BCUT2D eigenvalue weighted by molar-refractivity contribution is 0.383. The number of aromatic nitrogens is 3. The monoisotopic (exact) mass is 297 g/mol. The van der Waals surface area contributed by atoms with E-state index in [1.807, 2.05) is 30.0 Å². The predicted octanol–water partition coefficient (Wildman–Crippen LogP) is 3.61. The number of aryl methyl sites for hydroxylation is 1. The molecule has 0 aliphatic heterocycles. The van der Waals surface area contributed by atoms with Crippen LogP contribution in [0.5, 0.6) is 0 Å². The number of hydrogen-bond donors (Lipinski definition) is 0.